The summed E-state index contributed by atoms with van der Waals surface area (Å²) in [6.07, 6.45) is 5.16. The molecule has 20 heavy (non-hydrogen) atoms. The van der Waals surface area contributed by atoms with Crippen molar-refractivity contribution >= 4 is 23.2 Å². The van der Waals surface area contributed by atoms with Gasteiger partial charge in [0.15, 0.2) is 0 Å². The van der Waals surface area contributed by atoms with E-state index in [0.717, 1.165) is 19.6 Å². The van der Waals surface area contributed by atoms with Gasteiger partial charge >= 0.3 is 0 Å². The van der Waals surface area contributed by atoms with Crippen molar-refractivity contribution in [3.05, 3.63) is 28.8 Å². The number of rotatable bonds is 4. The number of nitrogens with one attached hydrogen (secondary N) is 1. The normalized spacial score (nSPS) is 16.6. The molecule has 1 aromatic rings. The van der Waals surface area contributed by atoms with E-state index >= 15 is 0 Å². The summed E-state index contributed by atoms with van der Waals surface area (Å²) >= 11 is 5.89. The summed E-state index contributed by atoms with van der Waals surface area (Å²) in [5.41, 5.74) is 6.71. The van der Waals surface area contributed by atoms with E-state index in [2.05, 4.69) is 10.2 Å². The number of nitrogens with two attached hydrogens (primary N) is 1. The molecular formula is C15H22ClN3O. The minimum absolute atomic E-state index is 0.153. The van der Waals surface area contributed by atoms with Crippen LogP contribution in [0, 0.1) is 0 Å². The first-order valence-corrected chi connectivity index (χ1v) is 7.60. The van der Waals surface area contributed by atoms with Gasteiger partial charge < -0.3 is 16.0 Å². The highest BCUT2D eigenvalue weighted by atomic mass is 35.5. The van der Waals surface area contributed by atoms with E-state index in [9.17, 15) is 4.79 Å². The van der Waals surface area contributed by atoms with Crippen LogP contribution in [0.5, 0.6) is 0 Å². The Kier molecular flexibility index (Phi) is 5.68. The van der Waals surface area contributed by atoms with Crippen molar-refractivity contribution in [1.82, 2.24) is 10.2 Å². The van der Waals surface area contributed by atoms with Crippen LogP contribution in [0.1, 0.15) is 36.0 Å². The Morgan fingerprint density at radius 3 is 2.65 bits per heavy atom. The SMILES string of the molecule is Nc1ccc(Cl)cc1C(=O)NCCN1CCCCCC1. The molecule has 0 spiro atoms. The van der Waals surface area contributed by atoms with Crippen LogP contribution < -0.4 is 11.1 Å². The largest absolute Gasteiger partial charge is 0.398 e. The molecule has 5 heteroatoms. The molecule has 1 amide bonds. The Morgan fingerprint density at radius 1 is 1.25 bits per heavy atom. The summed E-state index contributed by atoms with van der Waals surface area (Å²) in [6.45, 7) is 3.81. The first-order chi connectivity index (χ1) is 9.66. The second-order valence-corrected chi connectivity index (χ2v) is 5.68. The van der Waals surface area contributed by atoms with Crippen molar-refractivity contribution in [1.29, 1.82) is 0 Å². The lowest BCUT2D eigenvalue weighted by atomic mass is 10.1. The van der Waals surface area contributed by atoms with Crippen molar-refractivity contribution in [3.8, 4) is 0 Å². The molecule has 0 radical (unpaired) electrons. The van der Waals surface area contributed by atoms with E-state index in [1.807, 2.05) is 0 Å². The number of nitrogen functional groups attached to an aromatic ring is 1. The molecule has 1 aliphatic heterocycles. The minimum atomic E-state index is -0.153. The molecule has 1 fully saturated rings. The number of anilines is 1. The van der Waals surface area contributed by atoms with Crippen LogP contribution >= 0.6 is 11.6 Å². The van der Waals surface area contributed by atoms with Gasteiger partial charge in [-0.25, -0.2) is 0 Å². The maximum Gasteiger partial charge on any atom is 0.253 e. The molecule has 0 unspecified atom stereocenters. The summed E-state index contributed by atoms with van der Waals surface area (Å²) in [6, 6.07) is 4.95. The Morgan fingerprint density at radius 2 is 1.95 bits per heavy atom. The zero-order chi connectivity index (χ0) is 14.4. The lowest BCUT2D eigenvalue weighted by molar-refractivity contribution is 0.0949. The van der Waals surface area contributed by atoms with Crippen LogP contribution in [0.2, 0.25) is 5.02 Å². The van der Waals surface area contributed by atoms with Gasteiger partial charge in [0.05, 0.1) is 5.56 Å². The topological polar surface area (TPSA) is 58.4 Å². The molecule has 0 saturated carbocycles. The van der Waals surface area contributed by atoms with Crippen LogP contribution in [0.25, 0.3) is 0 Å². The number of amides is 1. The number of nitrogens with zero attached hydrogens (tertiary/aromatic N) is 1. The van der Waals surface area contributed by atoms with Gasteiger partial charge in [0, 0.05) is 23.8 Å². The van der Waals surface area contributed by atoms with Gasteiger partial charge in [-0.3, -0.25) is 4.79 Å². The summed E-state index contributed by atoms with van der Waals surface area (Å²) < 4.78 is 0. The minimum Gasteiger partial charge on any atom is -0.398 e. The van der Waals surface area contributed by atoms with E-state index in [4.69, 9.17) is 17.3 Å². The standard InChI is InChI=1S/C15H22ClN3O/c16-12-5-6-14(17)13(11-12)15(20)18-7-10-19-8-3-1-2-4-9-19/h5-6,11H,1-4,7-10,17H2,(H,18,20). The van der Waals surface area contributed by atoms with Gasteiger partial charge in [-0.05, 0) is 44.1 Å². The van der Waals surface area contributed by atoms with Gasteiger partial charge in [-0.2, -0.15) is 0 Å². The fraction of sp³-hybridized carbons (Fsp3) is 0.533. The van der Waals surface area contributed by atoms with Gasteiger partial charge in [0.1, 0.15) is 0 Å². The highest BCUT2D eigenvalue weighted by molar-refractivity contribution is 6.31. The van der Waals surface area contributed by atoms with Crippen molar-refractivity contribution in [2.24, 2.45) is 0 Å². The molecule has 3 N–H and O–H groups in total. The van der Waals surface area contributed by atoms with E-state index < -0.39 is 0 Å². The molecule has 1 heterocycles. The van der Waals surface area contributed by atoms with E-state index in [1.165, 1.54) is 25.7 Å². The average molecular weight is 296 g/mol. The Hall–Kier alpha value is -1.26. The quantitative estimate of drug-likeness (QED) is 0.839. The molecule has 0 aliphatic carbocycles. The van der Waals surface area contributed by atoms with E-state index in [-0.39, 0.29) is 5.91 Å². The van der Waals surface area contributed by atoms with Gasteiger partial charge in [0.25, 0.3) is 5.91 Å². The zero-order valence-electron chi connectivity index (χ0n) is 11.7. The molecule has 0 bridgehead atoms. The maximum absolute atomic E-state index is 12.1. The first-order valence-electron chi connectivity index (χ1n) is 7.22. The Bertz CT molecular complexity index is 456. The van der Waals surface area contributed by atoms with E-state index in [1.54, 1.807) is 18.2 Å². The van der Waals surface area contributed by atoms with Crippen molar-refractivity contribution in [3.63, 3.8) is 0 Å². The first kappa shape index (κ1) is 15.1. The van der Waals surface area contributed by atoms with Crippen LogP contribution in [0.3, 0.4) is 0 Å². The lowest BCUT2D eigenvalue weighted by Gasteiger charge is -2.19. The predicted molar refractivity (Wildman–Crippen MR) is 83.1 cm³/mol. The number of carbonyl (C=O) groups is 1. The molecule has 0 atom stereocenters. The maximum atomic E-state index is 12.1. The Balaban J connectivity index is 1.81. The summed E-state index contributed by atoms with van der Waals surface area (Å²) in [7, 11) is 0. The number of hydrogen-bond donors (Lipinski definition) is 2. The summed E-state index contributed by atoms with van der Waals surface area (Å²) in [5.74, 6) is -0.153. The fourth-order valence-electron chi connectivity index (χ4n) is 2.51. The van der Waals surface area contributed by atoms with Gasteiger partial charge in [-0.1, -0.05) is 24.4 Å². The monoisotopic (exact) mass is 295 g/mol. The van der Waals surface area contributed by atoms with E-state index in [0.29, 0.717) is 22.8 Å². The van der Waals surface area contributed by atoms with Gasteiger partial charge in [-0.15, -0.1) is 0 Å². The van der Waals surface area contributed by atoms with Crippen molar-refractivity contribution in [2.75, 3.05) is 31.9 Å². The smallest absolute Gasteiger partial charge is 0.253 e. The lowest BCUT2D eigenvalue weighted by Crippen LogP contribution is -2.35. The van der Waals surface area contributed by atoms with Crippen LogP contribution in [-0.4, -0.2) is 37.0 Å². The molecule has 0 aromatic heterocycles. The van der Waals surface area contributed by atoms with Crippen LogP contribution in [-0.2, 0) is 0 Å². The molecular weight excluding hydrogens is 274 g/mol. The van der Waals surface area contributed by atoms with Crippen LogP contribution in [0.15, 0.2) is 18.2 Å². The number of hydrogen-bond acceptors (Lipinski definition) is 3. The molecule has 1 aliphatic rings. The second kappa shape index (κ2) is 7.50. The number of likely N-dealkylation sites (tertiary alicyclic amines) is 1. The molecule has 1 saturated heterocycles. The molecule has 4 nitrogen and oxygen atoms in total. The zero-order valence-corrected chi connectivity index (χ0v) is 12.5. The molecule has 2 rings (SSSR count). The third-order valence-corrected chi connectivity index (χ3v) is 3.91. The van der Waals surface area contributed by atoms with Crippen molar-refractivity contribution < 1.29 is 4.79 Å². The Labute approximate surface area is 125 Å². The van der Waals surface area contributed by atoms with Crippen molar-refractivity contribution in [2.45, 2.75) is 25.7 Å². The highest BCUT2D eigenvalue weighted by Gasteiger charge is 2.12. The fourth-order valence-corrected chi connectivity index (χ4v) is 2.68. The highest BCUT2D eigenvalue weighted by Crippen LogP contribution is 2.17. The second-order valence-electron chi connectivity index (χ2n) is 5.24. The van der Waals surface area contributed by atoms with Crippen LogP contribution in [0.4, 0.5) is 5.69 Å². The average Bonchev–Trinajstić information content (AvgIpc) is 2.70. The van der Waals surface area contributed by atoms with Gasteiger partial charge in [0.2, 0.25) is 0 Å². The summed E-state index contributed by atoms with van der Waals surface area (Å²) in [5, 5.41) is 3.44. The molecule has 1 aromatic carbocycles. The number of halogens is 1. The number of benzene rings is 1. The third-order valence-electron chi connectivity index (χ3n) is 3.67. The summed E-state index contributed by atoms with van der Waals surface area (Å²) in [4.78, 5) is 14.5. The molecule has 110 valence electrons. The number of carbonyl (C=O) groups excluding carboxylic acids is 1. The third kappa shape index (κ3) is 4.39. The predicted octanol–water partition coefficient (Wildman–Crippen LogP) is 2.53.